The highest BCUT2D eigenvalue weighted by atomic mass is 15.1. The molecule has 0 saturated carbocycles. The molecule has 2 heterocycles. The lowest BCUT2D eigenvalue weighted by Gasteiger charge is -2.27. The molecule has 3 N–H and O–H groups in total. The molecule has 1 aromatic heterocycles. The Labute approximate surface area is 83.3 Å². The molecule has 0 saturated heterocycles. The Morgan fingerprint density at radius 3 is 3.00 bits per heavy atom. The molecule has 0 spiro atoms. The van der Waals surface area contributed by atoms with Crippen molar-refractivity contribution in [2.45, 2.75) is 13.3 Å². The zero-order valence-electron chi connectivity index (χ0n) is 8.46. The quantitative estimate of drug-likeness (QED) is 0.635. The maximum Gasteiger partial charge on any atom is 0.131 e. The Hall–Kier alpha value is -1.58. The number of aryl methyl sites for hydroxylation is 1. The molecule has 14 heavy (non-hydrogen) atoms. The second-order valence-electron chi connectivity index (χ2n) is 3.69. The summed E-state index contributed by atoms with van der Waals surface area (Å²) in [5.41, 5.74) is 9.26. The minimum absolute atomic E-state index is 0.483. The molecule has 2 rings (SSSR count). The van der Waals surface area contributed by atoms with Crippen LogP contribution in [0.4, 0.5) is 5.69 Å². The second-order valence-corrected chi connectivity index (χ2v) is 3.69. The van der Waals surface area contributed by atoms with Crippen LogP contribution in [0.15, 0.2) is 6.07 Å². The molecule has 0 radical (unpaired) electrons. The van der Waals surface area contributed by atoms with Gasteiger partial charge in [0.1, 0.15) is 5.84 Å². The first kappa shape index (κ1) is 8.99. The van der Waals surface area contributed by atoms with Gasteiger partial charge in [-0.15, -0.1) is 0 Å². The average Bonchev–Trinajstić information content (AvgIpc) is 2.10. The zero-order chi connectivity index (χ0) is 10.3. The number of fused-ring (bicyclic) bond motifs is 1. The minimum atomic E-state index is 0.483. The van der Waals surface area contributed by atoms with E-state index in [1.807, 2.05) is 24.9 Å². The number of hydrogen-bond acceptors (Lipinski definition) is 3. The van der Waals surface area contributed by atoms with Crippen LogP contribution in [0.3, 0.4) is 0 Å². The van der Waals surface area contributed by atoms with E-state index in [0.717, 1.165) is 29.9 Å². The number of nitrogens with two attached hydrogens (primary N) is 1. The lowest BCUT2D eigenvalue weighted by molar-refractivity contribution is 0.488. The van der Waals surface area contributed by atoms with Gasteiger partial charge < -0.3 is 10.6 Å². The van der Waals surface area contributed by atoms with E-state index in [1.165, 1.54) is 0 Å². The summed E-state index contributed by atoms with van der Waals surface area (Å²) in [6.07, 6.45) is 0.875. The number of amidine groups is 1. The van der Waals surface area contributed by atoms with Gasteiger partial charge in [0.2, 0.25) is 0 Å². The van der Waals surface area contributed by atoms with Gasteiger partial charge in [0.15, 0.2) is 0 Å². The van der Waals surface area contributed by atoms with Crippen molar-refractivity contribution in [1.29, 1.82) is 5.41 Å². The normalized spacial score (nSPS) is 15.6. The van der Waals surface area contributed by atoms with Crippen molar-refractivity contribution in [3.8, 4) is 0 Å². The predicted molar refractivity (Wildman–Crippen MR) is 56.5 cm³/mol. The van der Waals surface area contributed by atoms with Crippen LogP contribution in [0.1, 0.15) is 17.0 Å². The summed E-state index contributed by atoms with van der Waals surface area (Å²) in [6.45, 7) is 2.78. The lowest BCUT2D eigenvalue weighted by atomic mass is 10.0. The van der Waals surface area contributed by atoms with Crippen molar-refractivity contribution >= 4 is 11.5 Å². The highest BCUT2D eigenvalue weighted by molar-refractivity contribution is 6.02. The fourth-order valence-corrected chi connectivity index (χ4v) is 1.80. The van der Waals surface area contributed by atoms with Gasteiger partial charge in [-0.2, -0.15) is 0 Å². The minimum Gasteiger partial charge on any atom is -0.398 e. The summed E-state index contributed by atoms with van der Waals surface area (Å²) in [4.78, 5) is 6.31. The van der Waals surface area contributed by atoms with Gasteiger partial charge in [-0.3, -0.25) is 10.4 Å². The molecule has 0 atom stereocenters. The van der Waals surface area contributed by atoms with Crippen molar-refractivity contribution in [3.63, 3.8) is 0 Å². The summed E-state index contributed by atoms with van der Waals surface area (Å²) >= 11 is 0. The van der Waals surface area contributed by atoms with E-state index in [-0.39, 0.29) is 0 Å². The van der Waals surface area contributed by atoms with Crippen molar-refractivity contribution in [3.05, 3.63) is 23.0 Å². The number of nitrogens with one attached hydrogen (secondary N) is 1. The van der Waals surface area contributed by atoms with E-state index in [2.05, 4.69) is 4.98 Å². The monoisotopic (exact) mass is 190 g/mol. The van der Waals surface area contributed by atoms with Gasteiger partial charge in [-0.25, -0.2) is 0 Å². The van der Waals surface area contributed by atoms with Crippen molar-refractivity contribution < 1.29 is 0 Å². The van der Waals surface area contributed by atoms with E-state index in [0.29, 0.717) is 11.5 Å². The Morgan fingerprint density at radius 1 is 1.57 bits per heavy atom. The van der Waals surface area contributed by atoms with Crippen LogP contribution in [0.25, 0.3) is 0 Å². The van der Waals surface area contributed by atoms with Crippen LogP contribution in [-0.4, -0.2) is 29.3 Å². The van der Waals surface area contributed by atoms with E-state index in [1.54, 1.807) is 0 Å². The molecule has 0 amide bonds. The van der Waals surface area contributed by atoms with Crippen molar-refractivity contribution in [2.75, 3.05) is 19.3 Å². The summed E-state index contributed by atoms with van der Waals surface area (Å²) in [5.74, 6) is 0.483. The fraction of sp³-hybridized carbons (Fsp3) is 0.400. The molecule has 1 aliphatic rings. The number of pyridine rings is 1. The number of anilines is 1. The van der Waals surface area contributed by atoms with Crippen molar-refractivity contribution in [2.24, 2.45) is 0 Å². The Morgan fingerprint density at radius 2 is 2.29 bits per heavy atom. The molecule has 1 aliphatic heterocycles. The maximum absolute atomic E-state index is 7.89. The van der Waals surface area contributed by atoms with E-state index in [9.17, 15) is 0 Å². The molecule has 4 heteroatoms. The van der Waals surface area contributed by atoms with Crippen LogP contribution in [0.2, 0.25) is 0 Å². The summed E-state index contributed by atoms with van der Waals surface area (Å²) in [5, 5.41) is 7.89. The predicted octanol–water partition coefficient (Wildman–Crippen LogP) is 0.785. The molecule has 0 unspecified atom stereocenters. The lowest BCUT2D eigenvalue weighted by Crippen LogP contribution is -2.35. The third-order valence-electron chi connectivity index (χ3n) is 2.56. The Kier molecular flexibility index (Phi) is 1.91. The first-order chi connectivity index (χ1) is 6.59. The van der Waals surface area contributed by atoms with Crippen LogP contribution in [0.5, 0.6) is 0 Å². The molecule has 1 aromatic rings. The molecule has 74 valence electrons. The first-order valence-corrected chi connectivity index (χ1v) is 4.65. The molecule has 0 fully saturated rings. The molecule has 0 aliphatic carbocycles. The Bertz CT molecular complexity index is 397. The van der Waals surface area contributed by atoms with Gasteiger partial charge in [0, 0.05) is 31.4 Å². The second kappa shape index (κ2) is 2.97. The van der Waals surface area contributed by atoms with Gasteiger partial charge in [-0.05, 0) is 13.0 Å². The largest absolute Gasteiger partial charge is 0.398 e. The van der Waals surface area contributed by atoms with Crippen LogP contribution >= 0.6 is 0 Å². The highest BCUT2D eigenvalue weighted by Gasteiger charge is 2.21. The number of likely N-dealkylation sites (N-methyl/N-ethyl adjacent to an activating group) is 1. The molecule has 0 aromatic carbocycles. The molecular formula is C10H14N4. The van der Waals surface area contributed by atoms with Crippen LogP contribution < -0.4 is 5.73 Å². The van der Waals surface area contributed by atoms with Crippen molar-refractivity contribution in [1.82, 2.24) is 9.88 Å². The number of hydrogen-bond donors (Lipinski definition) is 2. The molecule has 4 nitrogen and oxygen atoms in total. The summed E-state index contributed by atoms with van der Waals surface area (Å²) < 4.78 is 0. The van der Waals surface area contributed by atoms with Gasteiger partial charge in [0.25, 0.3) is 0 Å². The smallest absolute Gasteiger partial charge is 0.131 e. The SMILES string of the molecule is Cc1cc(N)c2c(n1)CCN(C)C2=N. The topological polar surface area (TPSA) is 66.0 Å². The number of nitrogens with zero attached hydrogens (tertiary/aromatic N) is 2. The fourth-order valence-electron chi connectivity index (χ4n) is 1.80. The highest BCUT2D eigenvalue weighted by Crippen LogP contribution is 2.22. The van der Waals surface area contributed by atoms with E-state index in [4.69, 9.17) is 11.1 Å². The van der Waals surface area contributed by atoms with Gasteiger partial charge >= 0.3 is 0 Å². The van der Waals surface area contributed by atoms with E-state index >= 15 is 0 Å². The number of aromatic nitrogens is 1. The molecular weight excluding hydrogens is 176 g/mol. The van der Waals surface area contributed by atoms with Crippen LogP contribution in [0, 0.1) is 12.3 Å². The van der Waals surface area contributed by atoms with Gasteiger partial charge in [0.05, 0.1) is 11.3 Å². The van der Waals surface area contributed by atoms with E-state index < -0.39 is 0 Å². The zero-order valence-corrected chi connectivity index (χ0v) is 8.46. The molecule has 0 bridgehead atoms. The average molecular weight is 190 g/mol. The number of nitrogen functional groups attached to an aromatic ring is 1. The number of rotatable bonds is 0. The van der Waals surface area contributed by atoms with Gasteiger partial charge in [-0.1, -0.05) is 0 Å². The third kappa shape index (κ3) is 1.23. The summed E-state index contributed by atoms with van der Waals surface area (Å²) in [7, 11) is 1.91. The third-order valence-corrected chi connectivity index (χ3v) is 2.56. The summed E-state index contributed by atoms with van der Waals surface area (Å²) in [6, 6.07) is 1.83. The standard InChI is InChI=1S/C10H14N4/c1-6-5-7(11)9-8(13-6)3-4-14(2)10(9)12/h5,12H,3-4H2,1-2H3,(H2,11,13). The Balaban J connectivity index is 2.60. The first-order valence-electron chi connectivity index (χ1n) is 4.65. The maximum atomic E-state index is 7.89. The van der Waals surface area contributed by atoms with Crippen LogP contribution in [-0.2, 0) is 6.42 Å².